The number of rotatable bonds is 1. The van der Waals surface area contributed by atoms with Crippen molar-refractivity contribution in [2.75, 3.05) is 0 Å². The standard InChI is InChI=1S/C11H5ClF2N/c12-10-8(13)5-4-7(11(10)14)9-3-1-2-6-15-9/h1-2,4-6H. The fraction of sp³-hybridized carbons (Fsp3) is 0. The number of hydrogen-bond donors (Lipinski definition) is 0. The largest absolute Gasteiger partial charge is 0.255 e. The van der Waals surface area contributed by atoms with Gasteiger partial charge in [0, 0.05) is 17.8 Å². The molecule has 1 aromatic carbocycles. The minimum absolute atomic E-state index is 0.141. The van der Waals surface area contributed by atoms with E-state index in [4.69, 9.17) is 11.6 Å². The van der Waals surface area contributed by atoms with E-state index < -0.39 is 16.7 Å². The monoisotopic (exact) mass is 224 g/mol. The van der Waals surface area contributed by atoms with E-state index in [0.717, 1.165) is 6.07 Å². The zero-order chi connectivity index (χ0) is 10.8. The number of benzene rings is 1. The summed E-state index contributed by atoms with van der Waals surface area (Å²) in [4.78, 5) is 3.90. The molecule has 75 valence electrons. The van der Waals surface area contributed by atoms with E-state index in [1.165, 1.54) is 12.3 Å². The molecule has 0 bridgehead atoms. The highest BCUT2D eigenvalue weighted by molar-refractivity contribution is 6.31. The maximum absolute atomic E-state index is 13.5. The van der Waals surface area contributed by atoms with Gasteiger partial charge in [0.05, 0.1) is 5.69 Å². The van der Waals surface area contributed by atoms with Crippen molar-refractivity contribution < 1.29 is 8.78 Å². The molecule has 0 aliphatic heterocycles. The Morgan fingerprint density at radius 3 is 2.73 bits per heavy atom. The van der Waals surface area contributed by atoms with Crippen molar-refractivity contribution in [2.45, 2.75) is 0 Å². The maximum atomic E-state index is 13.5. The molecule has 0 amide bonds. The molecular weight excluding hydrogens is 220 g/mol. The Labute approximate surface area is 90.3 Å². The first-order valence-electron chi connectivity index (χ1n) is 4.16. The molecule has 1 radical (unpaired) electrons. The van der Waals surface area contributed by atoms with Crippen molar-refractivity contribution >= 4 is 11.6 Å². The second-order valence-electron chi connectivity index (χ2n) is 2.85. The highest BCUT2D eigenvalue weighted by atomic mass is 35.5. The van der Waals surface area contributed by atoms with Crippen LogP contribution in [0.2, 0.25) is 5.02 Å². The van der Waals surface area contributed by atoms with E-state index >= 15 is 0 Å². The van der Waals surface area contributed by atoms with Crippen LogP contribution in [0.1, 0.15) is 0 Å². The molecular formula is C11H5ClF2N. The van der Waals surface area contributed by atoms with Crippen molar-refractivity contribution in [1.29, 1.82) is 0 Å². The zero-order valence-corrected chi connectivity index (χ0v) is 8.22. The summed E-state index contributed by atoms with van der Waals surface area (Å²) < 4.78 is 26.4. The van der Waals surface area contributed by atoms with Gasteiger partial charge in [-0.2, -0.15) is 0 Å². The summed E-state index contributed by atoms with van der Waals surface area (Å²) in [6.45, 7) is 0. The van der Waals surface area contributed by atoms with Crippen LogP contribution in [0.25, 0.3) is 11.3 Å². The lowest BCUT2D eigenvalue weighted by Gasteiger charge is -2.03. The molecule has 0 spiro atoms. The fourth-order valence-corrected chi connectivity index (χ4v) is 1.35. The number of hydrogen-bond acceptors (Lipinski definition) is 1. The molecule has 15 heavy (non-hydrogen) atoms. The lowest BCUT2D eigenvalue weighted by Crippen LogP contribution is -1.91. The predicted octanol–water partition coefficient (Wildman–Crippen LogP) is 3.48. The number of aromatic nitrogens is 1. The van der Waals surface area contributed by atoms with Gasteiger partial charge in [-0.25, -0.2) is 8.78 Å². The summed E-state index contributed by atoms with van der Waals surface area (Å²) in [5.41, 5.74) is 0.443. The third kappa shape index (κ3) is 1.83. The van der Waals surface area contributed by atoms with Crippen LogP contribution in [0.4, 0.5) is 8.78 Å². The Morgan fingerprint density at radius 2 is 2.07 bits per heavy atom. The van der Waals surface area contributed by atoms with Crippen molar-refractivity contribution in [1.82, 2.24) is 4.98 Å². The van der Waals surface area contributed by atoms with E-state index in [-0.39, 0.29) is 5.56 Å². The summed E-state index contributed by atoms with van der Waals surface area (Å²) in [6.07, 6.45) is 1.50. The van der Waals surface area contributed by atoms with Crippen molar-refractivity contribution in [3.63, 3.8) is 0 Å². The molecule has 4 heteroatoms. The van der Waals surface area contributed by atoms with Gasteiger partial charge in [-0.3, -0.25) is 4.98 Å². The summed E-state index contributed by atoms with van der Waals surface area (Å²) >= 11 is 5.44. The van der Waals surface area contributed by atoms with Gasteiger partial charge < -0.3 is 0 Å². The van der Waals surface area contributed by atoms with Gasteiger partial charge in [-0.15, -0.1) is 0 Å². The maximum Gasteiger partial charge on any atom is 0.154 e. The Kier molecular flexibility index (Phi) is 2.64. The summed E-state index contributed by atoms with van der Waals surface area (Å²) in [7, 11) is 0. The van der Waals surface area contributed by atoms with Crippen LogP contribution in [-0.4, -0.2) is 4.98 Å². The quantitative estimate of drug-likeness (QED) is 0.676. The molecule has 0 unspecified atom stereocenters. The van der Waals surface area contributed by atoms with Gasteiger partial charge in [0.2, 0.25) is 0 Å². The summed E-state index contributed by atoms with van der Waals surface area (Å²) in [6, 6.07) is 8.38. The normalized spacial score (nSPS) is 10.3. The first-order chi connectivity index (χ1) is 7.20. The van der Waals surface area contributed by atoms with Gasteiger partial charge in [-0.1, -0.05) is 17.7 Å². The van der Waals surface area contributed by atoms with Crippen LogP contribution in [-0.2, 0) is 0 Å². The Hall–Kier alpha value is -1.48. The second kappa shape index (κ2) is 3.95. The number of halogens is 3. The highest BCUT2D eigenvalue weighted by Crippen LogP contribution is 2.27. The minimum Gasteiger partial charge on any atom is -0.255 e. The molecule has 0 fully saturated rings. The second-order valence-corrected chi connectivity index (χ2v) is 3.23. The Bertz CT molecular complexity index is 485. The molecule has 0 saturated carbocycles. The van der Waals surface area contributed by atoms with Crippen LogP contribution in [0.5, 0.6) is 0 Å². The lowest BCUT2D eigenvalue weighted by molar-refractivity contribution is 0.586. The van der Waals surface area contributed by atoms with E-state index in [9.17, 15) is 8.78 Å². The minimum atomic E-state index is -0.813. The molecule has 0 N–H and O–H groups in total. The zero-order valence-electron chi connectivity index (χ0n) is 7.47. The SMILES string of the molecule is Fc1ccc(-c2[c]cccn2)c(F)c1Cl. The lowest BCUT2D eigenvalue weighted by atomic mass is 10.1. The third-order valence-electron chi connectivity index (χ3n) is 1.90. The molecule has 1 aromatic heterocycles. The molecule has 2 aromatic rings. The van der Waals surface area contributed by atoms with Gasteiger partial charge in [0.1, 0.15) is 10.8 Å². The number of nitrogens with zero attached hydrogens (tertiary/aromatic N) is 1. The molecule has 0 aliphatic carbocycles. The average Bonchev–Trinajstić information content (AvgIpc) is 2.27. The van der Waals surface area contributed by atoms with Crippen LogP contribution in [0.3, 0.4) is 0 Å². The molecule has 0 atom stereocenters. The van der Waals surface area contributed by atoms with E-state index in [1.807, 2.05) is 0 Å². The molecule has 1 nitrogen and oxygen atoms in total. The molecule has 1 heterocycles. The first kappa shape index (κ1) is 10.1. The van der Waals surface area contributed by atoms with Gasteiger partial charge >= 0.3 is 0 Å². The van der Waals surface area contributed by atoms with Crippen LogP contribution in [0.15, 0.2) is 30.5 Å². The van der Waals surface area contributed by atoms with Crippen LogP contribution in [0, 0.1) is 17.7 Å². The van der Waals surface area contributed by atoms with Crippen molar-refractivity contribution in [2.24, 2.45) is 0 Å². The molecule has 0 saturated heterocycles. The van der Waals surface area contributed by atoms with E-state index in [1.54, 1.807) is 12.1 Å². The summed E-state index contributed by atoms with van der Waals surface area (Å²) in [5, 5.41) is -0.522. The first-order valence-corrected chi connectivity index (χ1v) is 4.54. The molecule has 0 aliphatic rings. The Morgan fingerprint density at radius 1 is 1.27 bits per heavy atom. The average molecular weight is 225 g/mol. The van der Waals surface area contributed by atoms with E-state index in [0.29, 0.717) is 5.69 Å². The predicted molar refractivity (Wildman–Crippen MR) is 53.4 cm³/mol. The topological polar surface area (TPSA) is 12.9 Å². The van der Waals surface area contributed by atoms with Gasteiger partial charge in [-0.05, 0) is 18.2 Å². The number of pyridine rings is 1. The van der Waals surface area contributed by atoms with Gasteiger partial charge in [0.25, 0.3) is 0 Å². The highest BCUT2D eigenvalue weighted by Gasteiger charge is 2.13. The smallest absolute Gasteiger partial charge is 0.154 e. The fourth-order valence-electron chi connectivity index (χ4n) is 1.18. The van der Waals surface area contributed by atoms with Crippen molar-refractivity contribution in [3.8, 4) is 11.3 Å². The summed E-state index contributed by atoms with van der Waals surface area (Å²) in [5.74, 6) is -1.60. The van der Waals surface area contributed by atoms with Crippen LogP contribution >= 0.6 is 11.6 Å². The van der Waals surface area contributed by atoms with E-state index in [2.05, 4.69) is 11.1 Å². The Balaban J connectivity index is 2.60. The molecule has 2 rings (SSSR count). The van der Waals surface area contributed by atoms with Crippen LogP contribution < -0.4 is 0 Å². The van der Waals surface area contributed by atoms with Gasteiger partial charge in [0.15, 0.2) is 5.82 Å². The third-order valence-corrected chi connectivity index (χ3v) is 2.24. The van der Waals surface area contributed by atoms with Crippen molar-refractivity contribution in [3.05, 3.63) is 53.2 Å².